The molecule has 0 aliphatic carbocycles. The molecule has 0 radical (unpaired) electrons. The molecule has 2 rings (SSSR count). The number of nitrogens with zero attached hydrogens (tertiary/aromatic N) is 3. The minimum absolute atomic E-state index is 0.342. The average Bonchev–Trinajstić information content (AvgIpc) is 2.82. The van der Waals surface area contributed by atoms with Gasteiger partial charge in [0, 0.05) is 19.7 Å². The minimum Gasteiger partial charge on any atom is -0.464 e. The Labute approximate surface area is 120 Å². The summed E-state index contributed by atoms with van der Waals surface area (Å²) in [5, 5.41) is 3.14. The minimum atomic E-state index is 0.342. The van der Waals surface area contributed by atoms with Gasteiger partial charge in [0.2, 0.25) is 0 Å². The molecule has 0 fully saturated rings. The molecule has 0 amide bonds. The van der Waals surface area contributed by atoms with Crippen LogP contribution in [0.3, 0.4) is 0 Å². The van der Waals surface area contributed by atoms with Crippen molar-refractivity contribution in [3.63, 3.8) is 0 Å². The van der Waals surface area contributed by atoms with E-state index in [1.54, 1.807) is 6.33 Å². The van der Waals surface area contributed by atoms with E-state index in [1.807, 2.05) is 33.2 Å². The lowest BCUT2D eigenvalue weighted by Gasteiger charge is -2.23. The quantitative estimate of drug-likeness (QED) is 0.907. The molecule has 5 heteroatoms. The number of hydrogen-bond donors (Lipinski definition) is 1. The Bertz CT molecular complexity index is 577. The van der Waals surface area contributed by atoms with E-state index in [9.17, 15) is 0 Å². The Balaban J connectivity index is 2.31. The molecule has 5 nitrogen and oxygen atoms in total. The van der Waals surface area contributed by atoms with Gasteiger partial charge in [-0.25, -0.2) is 9.97 Å². The summed E-state index contributed by atoms with van der Waals surface area (Å²) >= 11 is 0. The molecule has 2 aromatic rings. The third-order valence-corrected chi connectivity index (χ3v) is 3.23. The largest absolute Gasteiger partial charge is 0.464 e. The van der Waals surface area contributed by atoms with Crippen molar-refractivity contribution in [3.8, 4) is 0 Å². The van der Waals surface area contributed by atoms with Crippen LogP contribution in [0.5, 0.6) is 0 Å². The van der Waals surface area contributed by atoms with Gasteiger partial charge in [0.1, 0.15) is 29.5 Å². The van der Waals surface area contributed by atoms with E-state index >= 15 is 0 Å². The van der Waals surface area contributed by atoms with E-state index in [2.05, 4.69) is 34.0 Å². The first kappa shape index (κ1) is 14.4. The van der Waals surface area contributed by atoms with Crippen LogP contribution in [0.2, 0.25) is 0 Å². The summed E-state index contributed by atoms with van der Waals surface area (Å²) in [6.07, 6.45) is 1.59. The first-order valence-corrected chi connectivity index (χ1v) is 6.82. The van der Waals surface area contributed by atoms with Crippen molar-refractivity contribution in [1.82, 2.24) is 9.97 Å². The molecule has 2 heterocycles. The van der Waals surface area contributed by atoms with Crippen LogP contribution in [0.25, 0.3) is 0 Å². The summed E-state index contributed by atoms with van der Waals surface area (Å²) in [6.45, 7) is 6.93. The van der Waals surface area contributed by atoms with Crippen LogP contribution in [0.15, 0.2) is 22.9 Å². The number of rotatable bonds is 5. The molecule has 0 saturated heterocycles. The Morgan fingerprint density at radius 2 is 2.05 bits per heavy atom. The summed E-state index contributed by atoms with van der Waals surface area (Å²) in [6, 6.07) is 3.98. The van der Waals surface area contributed by atoms with Gasteiger partial charge in [-0.2, -0.15) is 0 Å². The van der Waals surface area contributed by atoms with Gasteiger partial charge in [0.15, 0.2) is 0 Å². The highest BCUT2D eigenvalue weighted by molar-refractivity contribution is 5.59. The average molecular weight is 274 g/mol. The predicted molar refractivity (Wildman–Crippen MR) is 81.2 cm³/mol. The van der Waals surface area contributed by atoms with Crippen molar-refractivity contribution in [3.05, 3.63) is 35.5 Å². The Hall–Kier alpha value is -2.04. The molecule has 108 valence electrons. The van der Waals surface area contributed by atoms with Gasteiger partial charge in [0.25, 0.3) is 0 Å². The standard InChI is InChI=1S/C15H22N4O/c1-10(2)13-14(16-4)17-9-18-15(13)19(5)8-12-7-6-11(3)20-12/h6-7,9-10H,8H2,1-5H3,(H,16,17,18). The van der Waals surface area contributed by atoms with Crippen LogP contribution in [-0.2, 0) is 6.54 Å². The van der Waals surface area contributed by atoms with Crippen molar-refractivity contribution >= 4 is 11.6 Å². The maximum absolute atomic E-state index is 5.63. The fourth-order valence-corrected chi connectivity index (χ4v) is 2.30. The second-order valence-corrected chi connectivity index (χ2v) is 5.23. The van der Waals surface area contributed by atoms with Crippen LogP contribution in [0.1, 0.15) is 36.8 Å². The van der Waals surface area contributed by atoms with Gasteiger partial charge >= 0.3 is 0 Å². The van der Waals surface area contributed by atoms with Gasteiger partial charge in [0.05, 0.1) is 6.54 Å². The van der Waals surface area contributed by atoms with Crippen LogP contribution in [0, 0.1) is 6.92 Å². The molecule has 0 aromatic carbocycles. The Kier molecular flexibility index (Phi) is 4.27. The molecule has 0 aliphatic heterocycles. The lowest BCUT2D eigenvalue weighted by molar-refractivity contribution is 0.481. The summed E-state index contributed by atoms with van der Waals surface area (Å²) in [4.78, 5) is 10.8. The number of furan rings is 1. The van der Waals surface area contributed by atoms with Crippen molar-refractivity contribution < 1.29 is 4.42 Å². The number of hydrogen-bond acceptors (Lipinski definition) is 5. The second-order valence-electron chi connectivity index (χ2n) is 5.23. The van der Waals surface area contributed by atoms with Crippen molar-refractivity contribution in [2.75, 3.05) is 24.3 Å². The Morgan fingerprint density at radius 3 is 2.60 bits per heavy atom. The normalized spacial score (nSPS) is 10.9. The van der Waals surface area contributed by atoms with E-state index in [-0.39, 0.29) is 0 Å². The molecule has 0 bridgehead atoms. The molecule has 0 unspecified atom stereocenters. The third-order valence-electron chi connectivity index (χ3n) is 3.23. The molecule has 0 spiro atoms. The second kappa shape index (κ2) is 5.94. The van der Waals surface area contributed by atoms with Crippen molar-refractivity contribution in [2.24, 2.45) is 0 Å². The molecule has 0 saturated carbocycles. The third kappa shape index (κ3) is 2.92. The zero-order valence-electron chi connectivity index (χ0n) is 12.8. The first-order chi connectivity index (χ1) is 9.52. The number of aryl methyl sites for hydroxylation is 1. The molecule has 2 aromatic heterocycles. The van der Waals surface area contributed by atoms with E-state index in [4.69, 9.17) is 4.42 Å². The molecular weight excluding hydrogens is 252 g/mol. The van der Waals surface area contributed by atoms with Crippen LogP contribution < -0.4 is 10.2 Å². The number of anilines is 2. The number of nitrogens with one attached hydrogen (secondary N) is 1. The lowest BCUT2D eigenvalue weighted by atomic mass is 10.0. The van der Waals surface area contributed by atoms with Gasteiger partial charge in [-0.3, -0.25) is 0 Å². The van der Waals surface area contributed by atoms with Gasteiger partial charge < -0.3 is 14.6 Å². The first-order valence-electron chi connectivity index (χ1n) is 6.82. The summed E-state index contributed by atoms with van der Waals surface area (Å²) in [7, 11) is 3.90. The summed E-state index contributed by atoms with van der Waals surface area (Å²) < 4.78 is 5.63. The van der Waals surface area contributed by atoms with E-state index in [0.29, 0.717) is 12.5 Å². The molecule has 0 aliphatic rings. The van der Waals surface area contributed by atoms with E-state index < -0.39 is 0 Å². The zero-order valence-corrected chi connectivity index (χ0v) is 12.8. The van der Waals surface area contributed by atoms with Crippen LogP contribution >= 0.6 is 0 Å². The van der Waals surface area contributed by atoms with Crippen molar-refractivity contribution in [2.45, 2.75) is 33.2 Å². The maximum atomic E-state index is 5.63. The van der Waals surface area contributed by atoms with Gasteiger partial charge in [-0.05, 0) is 25.0 Å². The van der Waals surface area contributed by atoms with E-state index in [1.165, 1.54) is 0 Å². The highest BCUT2D eigenvalue weighted by Gasteiger charge is 2.18. The fourth-order valence-electron chi connectivity index (χ4n) is 2.30. The zero-order chi connectivity index (χ0) is 14.7. The van der Waals surface area contributed by atoms with E-state index in [0.717, 1.165) is 28.7 Å². The smallest absolute Gasteiger partial charge is 0.137 e. The lowest BCUT2D eigenvalue weighted by Crippen LogP contribution is -2.20. The maximum Gasteiger partial charge on any atom is 0.137 e. The monoisotopic (exact) mass is 274 g/mol. The number of aromatic nitrogens is 2. The van der Waals surface area contributed by atoms with Gasteiger partial charge in [-0.1, -0.05) is 13.8 Å². The molecule has 1 N–H and O–H groups in total. The summed E-state index contributed by atoms with van der Waals surface area (Å²) in [5.74, 6) is 4.02. The molecule has 20 heavy (non-hydrogen) atoms. The SMILES string of the molecule is CNc1ncnc(N(C)Cc2ccc(C)o2)c1C(C)C. The van der Waals surface area contributed by atoms with Crippen LogP contribution in [-0.4, -0.2) is 24.1 Å². The van der Waals surface area contributed by atoms with Gasteiger partial charge in [-0.15, -0.1) is 0 Å². The Morgan fingerprint density at radius 1 is 1.30 bits per heavy atom. The fraction of sp³-hybridized carbons (Fsp3) is 0.467. The van der Waals surface area contributed by atoms with Crippen molar-refractivity contribution in [1.29, 1.82) is 0 Å². The van der Waals surface area contributed by atoms with Crippen LogP contribution in [0.4, 0.5) is 11.6 Å². The topological polar surface area (TPSA) is 54.2 Å². The molecular formula is C15H22N4O. The highest BCUT2D eigenvalue weighted by atomic mass is 16.3. The summed E-state index contributed by atoms with van der Waals surface area (Å²) in [5.41, 5.74) is 1.13. The predicted octanol–water partition coefficient (Wildman–Crippen LogP) is 3.18. The highest BCUT2D eigenvalue weighted by Crippen LogP contribution is 2.30. The molecule has 0 atom stereocenters.